The molecule has 7 heavy (non-hydrogen) atoms. The van der Waals surface area contributed by atoms with Gasteiger partial charge in [-0.1, -0.05) is 29.8 Å². The quantitative estimate of drug-likeness (QED) is 0.575. The Kier molecular flexibility index (Phi) is 3.86. The Labute approximate surface area is 59.4 Å². The summed E-state index contributed by atoms with van der Waals surface area (Å²) in [7, 11) is 9.83. The third kappa shape index (κ3) is 7.22. The molecule has 0 atom stereocenters. The molecule has 0 aromatic carbocycles. The Balaban J connectivity index is 3.15. The molecule has 0 aromatic heterocycles. The predicted octanol–water partition coefficient (Wildman–Crippen LogP) is 2.97. The lowest BCUT2D eigenvalue weighted by molar-refractivity contribution is 1.53. The monoisotopic (exact) mass is 180 g/mol. The van der Waals surface area contributed by atoms with Crippen molar-refractivity contribution in [3.05, 3.63) is 0 Å². The van der Waals surface area contributed by atoms with E-state index in [0.29, 0.717) is 5.88 Å². The molecule has 0 aromatic rings. The fourth-order valence-corrected chi connectivity index (χ4v) is 2.27. The average Bonchev–Trinajstić information content (AvgIpc) is 1.30. The van der Waals surface area contributed by atoms with Gasteiger partial charge in [0.1, 0.15) is 0 Å². The first-order chi connectivity index (χ1) is 3.06. The summed E-state index contributed by atoms with van der Waals surface area (Å²) < 4.78 is 0. The van der Waals surface area contributed by atoms with E-state index < -0.39 is 8.46 Å². The maximum absolute atomic E-state index is 5.60. The third-order valence-electron chi connectivity index (χ3n) is 0.436. The van der Waals surface area contributed by atoms with Crippen LogP contribution in [0, 0.1) is 0 Å². The maximum atomic E-state index is 5.60. The Morgan fingerprint density at radius 2 is 1.86 bits per heavy atom. The van der Waals surface area contributed by atoms with Crippen LogP contribution in [-0.4, -0.2) is 17.9 Å². The van der Waals surface area contributed by atoms with Gasteiger partial charge in [-0.2, -0.15) is 0 Å². The summed E-state index contributed by atoms with van der Waals surface area (Å²) in [5.74, 6) is 1.27. The van der Waals surface area contributed by atoms with E-state index >= 15 is 0 Å². The van der Waals surface area contributed by atoms with E-state index in [0.717, 1.165) is 5.75 Å². The van der Waals surface area contributed by atoms with Crippen molar-refractivity contribution in [3.8, 4) is 0 Å². The zero-order valence-corrected chi connectivity index (χ0v) is 7.04. The van der Waals surface area contributed by atoms with Gasteiger partial charge in [0, 0.05) is 11.6 Å². The molecule has 0 bridgehead atoms. The lowest BCUT2D eigenvalue weighted by atomic mass is 11.0. The fraction of sp³-hybridized carbons (Fsp3) is 1.00. The second-order valence-corrected chi connectivity index (χ2v) is 8.36. The molecule has 0 saturated heterocycles. The van der Waals surface area contributed by atoms with E-state index in [-0.39, 0.29) is 0 Å². The molecule has 0 aliphatic heterocycles. The molecule has 0 nitrogen and oxygen atoms in total. The molecule has 46 valence electrons. The van der Waals surface area contributed by atoms with E-state index in [1.165, 1.54) is 0 Å². The van der Waals surface area contributed by atoms with E-state index in [1.54, 1.807) is 6.26 Å². The molecule has 0 N–H and O–H groups in total. The van der Waals surface area contributed by atoms with Crippen LogP contribution >= 0.6 is 41.4 Å². The number of hydrogen-bond acceptors (Lipinski definition) is 0. The summed E-state index contributed by atoms with van der Waals surface area (Å²) in [5.41, 5.74) is 0. The number of alkyl halides is 1. The average molecular weight is 182 g/mol. The fourth-order valence-electron chi connectivity index (χ4n) is 0.135. The number of rotatable bonds is 2. The first-order valence-electron chi connectivity index (χ1n) is 1.77. The van der Waals surface area contributed by atoms with E-state index in [9.17, 15) is 0 Å². The lowest BCUT2D eigenvalue weighted by Gasteiger charge is -2.14. The van der Waals surface area contributed by atoms with Crippen LogP contribution in [0.4, 0.5) is 0 Å². The Morgan fingerprint density at radius 1 is 1.43 bits per heavy atom. The summed E-state index contributed by atoms with van der Waals surface area (Å²) in [6, 6.07) is 0. The molecule has 0 aliphatic rings. The van der Waals surface area contributed by atoms with Gasteiger partial charge in [0.15, 0.2) is 0 Å². The molecule has 0 heterocycles. The maximum Gasteiger partial charge on any atom is 0.0321 e. The van der Waals surface area contributed by atoms with Crippen molar-refractivity contribution in [2.45, 2.75) is 0 Å². The van der Waals surface area contributed by atoms with Gasteiger partial charge in [0.25, 0.3) is 0 Å². The van der Waals surface area contributed by atoms with Crippen molar-refractivity contribution in [2.24, 2.45) is 0 Å². The summed E-state index contributed by atoms with van der Waals surface area (Å²) >= 11 is 5.34. The molecule has 0 radical (unpaired) electrons. The number of halogens is 3. The molecule has 0 aliphatic carbocycles. The summed E-state index contributed by atoms with van der Waals surface area (Å²) in [5, 5.41) is 0. The molecule has 0 saturated carbocycles. The zero-order valence-electron chi connectivity index (χ0n) is 3.96. The Hall–Kier alpha value is 1.22. The van der Waals surface area contributed by atoms with Crippen molar-refractivity contribution in [3.63, 3.8) is 0 Å². The van der Waals surface area contributed by atoms with Crippen LogP contribution in [0.3, 0.4) is 0 Å². The highest BCUT2D eigenvalue weighted by molar-refractivity contribution is 8.65. The van der Waals surface area contributed by atoms with Crippen molar-refractivity contribution < 1.29 is 0 Å². The normalized spacial score (nSPS) is 14.3. The van der Waals surface area contributed by atoms with Crippen LogP contribution in [-0.2, 0) is 0 Å². The minimum atomic E-state index is -1.36. The van der Waals surface area contributed by atoms with Crippen molar-refractivity contribution in [2.75, 3.05) is 17.9 Å². The number of hydrogen-bond donors (Lipinski definition) is 0. The first-order valence-corrected chi connectivity index (χ1v) is 6.17. The van der Waals surface area contributed by atoms with E-state index in [1.807, 2.05) is 0 Å². The zero-order chi connectivity index (χ0) is 5.91. The van der Waals surface area contributed by atoms with Gasteiger partial charge in [-0.05, 0) is 6.26 Å². The molecule has 0 spiro atoms. The smallest absolute Gasteiger partial charge is 0.0321 e. The Morgan fingerprint density at radius 3 is 1.86 bits per heavy atom. The van der Waals surface area contributed by atoms with Gasteiger partial charge in [-0.15, -0.1) is 11.6 Å². The van der Waals surface area contributed by atoms with Gasteiger partial charge in [0.05, 0.1) is 0 Å². The highest BCUT2D eigenvalue weighted by Crippen LogP contribution is 2.54. The van der Waals surface area contributed by atoms with Gasteiger partial charge in [-0.25, -0.2) is 0 Å². The van der Waals surface area contributed by atoms with Gasteiger partial charge < -0.3 is 0 Å². The highest BCUT2D eigenvalue weighted by atomic mass is 36.0. The van der Waals surface area contributed by atoms with Crippen LogP contribution in [0.2, 0.25) is 0 Å². The minimum Gasteiger partial charge on any atom is -0.126 e. The highest BCUT2D eigenvalue weighted by Gasteiger charge is 2.06. The predicted molar refractivity (Wildman–Crippen MR) is 40.8 cm³/mol. The largest absolute Gasteiger partial charge is 0.126 e. The molecular weight excluding hydrogens is 174 g/mol. The van der Waals surface area contributed by atoms with E-state index in [4.69, 9.17) is 33.0 Å². The SMILES string of the molecule is CS(Cl)(Cl)CCCl. The summed E-state index contributed by atoms with van der Waals surface area (Å²) in [4.78, 5) is 0. The van der Waals surface area contributed by atoms with Crippen LogP contribution in [0.15, 0.2) is 0 Å². The molecule has 4 heteroatoms. The molecule has 0 fully saturated rings. The van der Waals surface area contributed by atoms with E-state index in [2.05, 4.69) is 0 Å². The second-order valence-electron chi connectivity index (χ2n) is 1.27. The van der Waals surface area contributed by atoms with Crippen molar-refractivity contribution in [1.29, 1.82) is 0 Å². The summed E-state index contributed by atoms with van der Waals surface area (Å²) in [6.45, 7) is 0. The van der Waals surface area contributed by atoms with Crippen LogP contribution in [0.25, 0.3) is 0 Å². The first kappa shape index (κ1) is 8.22. The van der Waals surface area contributed by atoms with Crippen molar-refractivity contribution in [1.82, 2.24) is 0 Å². The lowest BCUT2D eigenvalue weighted by Crippen LogP contribution is -1.87. The minimum absolute atomic E-state index is 0.554. The molecule has 0 unspecified atom stereocenters. The third-order valence-corrected chi connectivity index (χ3v) is 2.70. The van der Waals surface area contributed by atoms with Crippen molar-refractivity contribution >= 4 is 41.4 Å². The Bertz CT molecular complexity index is 48.6. The van der Waals surface area contributed by atoms with Crippen LogP contribution in [0.1, 0.15) is 0 Å². The van der Waals surface area contributed by atoms with Gasteiger partial charge in [0.2, 0.25) is 0 Å². The van der Waals surface area contributed by atoms with Crippen LogP contribution < -0.4 is 0 Å². The molecular formula is C3H7Cl3S. The van der Waals surface area contributed by atoms with Gasteiger partial charge in [-0.3, -0.25) is 0 Å². The van der Waals surface area contributed by atoms with Gasteiger partial charge >= 0.3 is 0 Å². The van der Waals surface area contributed by atoms with Crippen LogP contribution in [0.5, 0.6) is 0 Å². The molecule has 0 rings (SSSR count). The second kappa shape index (κ2) is 3.29. The standard InChI is InChI=1S/C3H7Cl3S/c1-7(5,6)3-2-4/h2-3H2,1H3. The topological polar surface area (TPSA) is 0 Å². The molecule has 0 amide bonds. The summed E-state index contributed by atoms with van der Waals surface area (Å²) in [6.07, 6.45) is 1.80.